The van der Waals surface area contributed by atoms with E-state index in [1.807, 2.05) is 0 Å². The van der Waals surface area contributed by atoms with E-state index in [0.29, 0.717) is 20.8 Å². The summed E-state index contributed by atoms with van der Waals surface area (Å²) in [5, 5.41) is 11.0. The number of hydrogen-bond donors (Lipinski definition) is 1. The van der Waals surface area contributed by atoms with E-state index in [4.69, 9.17) is 34.8 Å². The molecule has 2 aromatic rings. The molecule has 0 aliphatic carbocycles. The van der Waals surface area contributed by atoms with Crippen LogP contribution in [0, 0.1) is 0 Å². The summed E-state index contributed by atoms with van der Waals surface area (Å²) >= 11 is 17.6. The van der Waals surface area contributed by atoms with Crippen molar-refractivity contribution in [3.8, 4) is 5.69 Å². The quantitative estimate of drug-likeness (QED) is 0.622. The molecule has 14 heavy (non-hydrogen) atoms. The zero-order chi connectivity index (χ0) is 10.1. The van der Waals surface area contributed by atoms with E-state index in [1.54, 1.807) is 12.1 Å². The molecular weight excluding hydrogens is 246 g/mol. The van der Waals surface area contributed by atoms with Gasteiger partial charge >= 0.3 is 0 Å². The number of nitrogens with one attached hydrogen (secondary N) is 1. The van der Waals surface area contributed by atoms with Gasteiger partial charge in [-0.15, -0.1) is 4.68 Å². The number of hydrogen-bond acceptors (Lipinski definition) is 2. The van der Waals surface area contributed by atoms with Crippen molar-refractivity contribution < 1.29 is 4.68 Å². The second-order valence-corrected chi connectivity index (χ2v) is 3.74. The Bertz CT molecular complexity index is 454. The van der Waals surface area contributed by atoms with Gasteiger partial charge in [0.15, 0.2) is 5.21 Å². The number of tetrazole rings is 1. The largest absolute Gasteiger partial charge is 0.293 e. The van der Waals surface area contributed by atoms with E-state index in [9.17, 15) is 0 Å². The summed E-state index contributed by atoms with van der Waals surface area (Å²) < 4.78 is 1.51. The summed E-state index contributed by atoms with van der Waals surface area (Å²) in [6.45, 7) is 0. The number of benzene rings is 1. The van der Waals surface area contributed by atoms with Gasteiger partial charge in [-0.3, -0.25) is 0 Å². The summed E-state index contributed by atoms with van der Waals surface area (Å²) in [6, 6.07) is 3.23. The Labute approximate surface area is 94.4 Å². The van der Waals surface area contributed by atoms with E-state index in [0.717, 1.165) is 0 Å². The molecule has 0 amide bonds. The Balaban J connectivity index is 2.64. The first-order valence-corrected chi connectivity index (χ1v) is 4.74. The number of halogens is 3. The van der Waals surface area contributed by atoms with Crippen LogP contribution in [-0.2, 0) is 0 Å². The van der Waals surface area contributed by atoms with Crippen LogP contribution in [0.25, 0.3) is 5.69 Å². The van der Waals surface area contributed by atoms with Crippen LogP contribution < -0.4 is 4.68 Å². The van der Waals surface area contributed by atoms with Gasteiger partial charge in [0.1, 0.15) is 15.8 Å². The monoisotopic (exact) mass is 249 g/mol. The highest BCUT2D eigenvalue weighted by atomic mass is 35.5. The highest BCUT2D eigenvalue weighted by molar-refractivity contribution is 6.44. The van der Waals surface area contributed by atoms with Crippen molar-refractivity contribution in [2.24, 2.45) is 0 Å². The van der Waals surface area contributed by atoms with Crippen LogP contribution >= 0.6 is 34.8 Å². The normalized spacial score (nSPS) is 10.5. The molecule has 1 aromatic carbocycles. The van der Waals surface area contributed by atoms with Crippen LogP contribution in [0.4, 0.5) is 0 Å². The van der Waals surface area contributed by atoms with Gasteiger partial charge in [-0.25, -0.2) is 0 Å². The van der Waals surface area contributed by atoms with Crippen molar-refractivity contribution in [2.75, 3.05) is 0 Å². The van der Waals surface area contributed by atoms with Crippen molar-refractivity contribution in [2.45, 2.75) is 0 Å². The minimum absolute atomic E-state index is 0.385. The number of H-pyrrole nitrogens is 1. The van der Waals surface area contributed by atoms with Crippen molar-refractivity contribution in [1.82, 2.24) is 15.5 Å². The first kappa shape index (κ1) is 9.71. The molecule has 0 radical (unpaired) electrons. The van der Waals surface area contributed by atoms with Gasteiger partial charge in [0, 0.05) is 5.02 Å². The molecule has 0 fully saturated rings. The van der Waals surface area contributed by atoms with Crippen LogP contribution in [0.15, 0.2) is 18.5 Å². The van der Waals surface area contributed by atoms with Gasteiger partial charge in [-0.2, -0.15) is 0 Å². The lowest BCUT2D eigenvalue weighted by Crippen LogP contribution is -2.32. The van der Waals surface area contributed by atoms with Crippen LogP contribution in [0.3, 0.4) is 0 Å². The number of nitrogens with zero attached hydrogens (tertiary/aromatic N) is 3. The third-order valence-electron chi connectivity index (χ3n) is 1.61. The summed E-state index contributed by atoms with van der Waals surface area (Å²) in [4.78, 5) is 0. The van der Waals surface area contributed by atoms with Crippen molar-refractivity contribution in [3.05, 3.63) is 33.5 Å². The Kier molecular flexibility index (Phi) is 2.58. The van der Waals surface area contributed by atoms with Crippen molar-refractivity contribution in [3.63, 3.8) is 0 Å². The van der Waals surface area contributed by atoms with Crippen LogP contribution in [-0.4, -0.2) is 15.5 Å². The lowest BCUT2D eigenvalue weighted by molar-refractivity contribution is -0.660. The Morgan fingerprint density at radius 2 is 2.00 bits per heavy atom. The average molecular weight is 250 g/mol. The van der Waals surface area contributed by atoms with E-state index < -0.39 is 0 Å². The zero-order valence-corrected chi connectivity index (χ0v) is 8.98. The average Bonchev–Trinajstić information content (AvgIpc) is 2.63. The van der Waals surface area contributed by atoms with E-state index >= 15 is 0 Å². The van der Waals surface area contributed by atoms with Crippen LogP contribution in [0.1, 0.15) is 0 Å². The Hall–Kier alpha value is -0.840. The molecule has 0 unspecified atom stereocenters. The van der Waals surface area contributed by atoms with E-state index in [2.05, 4.69) is 15.5 Å². The van der Waals surface area contributed by atoms with Gasteiger partial charge < -0.3 is 0 Å². The summed E-state index contributed by atoms with van der Waals surface area (Å²) in [7, 11) is 0. The van der Waals surface area contributed by atoms with Gasteiger partial charge in [0.05, 0.1) is 5.02 Å². The zero-order valence-electron chi connectivity index (χ0n) is 6.71. The predicted molar refractivity (Wildman–Crippen MR) is 52.9 cm³/mol. The maximum Gasteiger partial charge on any atom is 0.293 e. The SMILES string of the molecule is Clc1cc(Cl)c(Cl)c(-[n+]2cnn[nH]2)c1. The molecule has 0 saturated carbocycles. The Morgan fingerprint density at radius 1 is 1.21 bits per heavy atom. The second-order valence-electron chi connectivity index (χ2n) is 2.52. The molecule has 0 aliphatic rings. The number of aromatic amines is 1. The van der Waals surface area contributed by atoms with E-state index in [-0.39, 0.29) is 0 Å². The second kappa shape index (κ2) is 3.73. The highest BCUT2D eigenvalue weighted by Crippen LogP contribution is 2.29. The fourth-order valence-corrected chi connectivity index (χ4v) is 1.69. The van der Waals surface area contributed by atoms with E-state index in [1.165, 1.54) is 11.0 Å². The first-order chi connectivity index (χ1) is 6.68. The van der Waals surface area contributed by atoms with Gasteiger partial charge in [0.2, 0.25) is 0 Å². The molecular formula is C7H4Cl3N4+. The predicted octanol–water partition coefficient (Wildman–Crippen LogP) is 2.04. The number of rotatable bonds is 1. The minimum Gasteiger partial charge on any atom is -0.128 e. The summed E-state index contributed by atoms with van der Waals surface area (Å²) in [5.74, 6) is 0. The molecule has 0 bridgehead atoms. The molecule has 1 N–H and O–H groups in total. The van der Waals surface area contributed by atoms with Crippen LogP contribution in [0.2, 0.25) is 15.1 Å². The van der Waals surface area contributed by atoms with Crippen molar-refractivity contribution in [1.29, 1.82) is 0 Å². The molecule has 0 saturated heterocycles. The highest BCUT2D eigenvalue weighted by Gasteiger charge is 2.13. The van der Waals surface area contributed by atoms with Crippen molar-refractivity contribution >= 4 is 34.8 Å². The van der Waals surface area contributed by atoms with Gasteiger partial charge in [-0.1, -0.05) is 40.0 Å². The summed E-state index contributed by atoms with van der Waals surface area (Å²) in [6.07, 6.45) is 1.47. The lowest BCUT2D eigenvalue weighted by atomic mass is 10.3. The maximum absolute atomic E-state index is 5.97. The molecule has 7 heteroatoms. The van der Waals surface area contributed by atoms with Gasteiger partial charge in [-0.05, 0) is 12.1 Å². The molecule has 0 atom stereocenters. The molecule has 1 aromatic heterocycles. The fourth-order valence-electron chi connectivity index (χ4n) is 1.01. The number of aromatic nitrogens is 4. The third kappa shape index (κ3) is 1.68. The molecule has 4 nitrogen and oxygen atoms in total. The molecule has 2 rings (SSSR count). The third-order valence-corrected chi connectivity index (χ3v) is 2.62. The standard InChI is InChI=1S/C7H3Cl3N4/c8-4-1-5(9)7(10)6(2-4)14-3-11-12-13-14/h1-3H/p+1. The molecule has 0 aliphatic heterocycles. The topological polar surface area (TPSA) is 45.5 Å². The fraction of sp³-hybridized carbons (Fsp3) is 0. The first-order valence-electron chi connectivity index (χ1n) is 3.61. The van der Waals surface area contributed by atoms with Gasteiger partial charge in [0.25, 0.3) is 6.33 Å². The van der Waals surface area contributed by atoms with Crippen LogP contribution in [0.5, 0.6) is 0 Å². The minimum atomic E-state index is 0.385. The molecule has 1 heterocycles. The Morgan fingerprint density at radius 3 is 2.64 bits per heavy atom. The maximum atomic E-state index is 5.97. The summed E-state index contributed by atoms with van der Waals surface area (Å²) in [5.41, 5.74) is 0.606. The smallest absolute Gasteiger partial charge is 0.128 e. The molecule has 72 valence electrons. The lowest BCUT2D eigenvalue weighted by Gasteiger charge is -2.01. The molecule has 0 spiro atoms.